The zero-order valence-corrected chi connectivity index (χ0v) is 12.0. The average molecular weight is 271 g/mol. The fourth-order valence-corrected chi connectivity index (χ4v) is 2.49. The van der Waals surface area contributed by atoms with E-state index in [0.29, 0.717) is 19.1 Å². The fourth-order valence-electron chi connectivity index (χ4n) is 1.70. The maximum Gasteiger partial charge on any atom is 0.307 e. The van der Waals surface area contributed by atoms with Gasteiger partial charge >= 0.3 is 5.97 Å². The minimum atomic E-state index is -0.195. The Hall–Kier alpha value is -0.910. The van der Waals surface area contributed by atoms with E-state index in [0.717, 1.165) is 11.3 Å². The first kappa shape index (κ1) is 15.1. The van der Waals surface area contributed by atoms with Gasteiger partial charge in [-0.15, -0.1) is 11.3 Å². The first-order chi connectivity index (χ1) is 8.67. The SMILES string of the molecule is COCCC(C)NC(CC(=O)OC)c1cccs1. The third-order valence-corrected chi connectivity index (χ3v) is 3.71. The van der Waals surface area contributed by atoms with E-state index in [2.05, 4.69) is 12.2 Å². The van der Waals surface area contributed by atoms with Crippen LogP contribution in [0.25, 0.3) is 0 Å². The number of rotatable bonds is 8. The van der Waals surface area contributed by atoms with Crippen LogP contribution in [0.15, 0.2) is 17.5 Å². The van der Waals surface area contributed by atoms with Gasteiger partial charge in [-0.3, -0.25) is 4.79 Å². The molecule has 0 amide bonds. The highest BCUT2D eigenvalue weighted by molar-refractivity contribution is 7.10. The van der Waals surface area contributed by atoms with Crippen LogP contribution in [-0.2, 0) is 14.3 Å². The van der Waals surface area contributed by atoms with Crippen LogP contribution in [0.3, 0.4) is 0 Å². The van der Waals surface area contributed by atoms with Crippen molar-refractivity contribution in [3.63, 3.8) is 0 Å². The number of thiophene rings is 1. The zero-order valence-electron chi connectivity index (χ0n) is 11.1. The molecule has 0 aliphatic rings. The highest BCUT2D eigenvalue weighted by Gasteiger charge is 2.19. The lowest BCUT2D eigenvalue weighted by molar-refractivity contribution is -0.141. The third kappa shape index (κ3) is 5.16. The van der Waals surface area contributed by atoms with Gasteiger partial charge in [0, 0.05) is 24.6 Å². The number of hydrogen-bond acceptors (Lipinski definition) is 5. The van der Waals surface area contributed by atoms with Gasteiger partial charge in [-0.1, -0.05) is 6.07 Å². The molecule has 4 nitrogen and oxygen atoms in total. The van der Waals surface area contributed by atoms with Gasteiger partial charge in [0.05, 0.1) is 19.6 Å². The van der Waals surface area contributed by atoms with E-state index in [1.165, 1.54) is 7.11 Å². The summed E-state index contributed by atoms with van der Waals surface area (Å²) in [5, 5.41) is 5.46. The minimum absolute atomic E-state index is 0.0179. The van der Waals surface area contributed by atoms with Crippen LogP contribution in [0.1, 0.15) is 30.7 Å². The number of methoxy groups -OCH3 is 2. The number of esters is 1. The second-order valence-electron chi connectivity index (χ2n) is 4.20. The number of carbonyl (C=O) groups is 1. The van der Waals surface area contributed by atoms with E-state index in [9.17, 15) is 4.79 Å². The second kappa shape index (κ2) is 8.24. The fraction of sp³-hybridized carbons (Fsp3) is 0.615. The molecule has 5 heteroatoms. The minimum Gasteiger partial charge on any atom is -0.469 e. The van der Waals surface area contributed by atoms with E-state index >= 15 is 0 Å². The molecule has 18 heavy (non-hydrogen) atoms. The molecule has 0 bridgehead atoms. The summed E-state index contributed by atoms with van der Waals surface area (Å²) >= 11 is 1.65. The Balaban J connectivity index is 2.57. The molecule has 0 saturated heterocycles. The van der Waals surface area contributed by atoms with Crippen molar-refractivity contribution < 1.29 is 14.3 Å². The predicted molar refractivity (Wildman–Crippen MR) is 72.8 cm³/mol. The van der Waals surface area contributed by atoms with Crippen molar-refractivity contribution in [3.8, 4) is 0 Å². The Kier molecular flexibility index (Phi) is 6.93. The summed E-state index contributed by atoms with van der Waals surface area (Å²) in [5.74, 6) is -0.195. The molecule has 0 aliphatic carbocycles. The Morgan fingerprint density at radius 3 is 2.83 bits per heavy atom. The average Bonchev–Trinajstić information content (AvgIpc) is 2.89. The molecule has 0 fully saturated rings. The number of carbonyl (C=O) groups excluding carboxylic acids is 1. The lowest BCUT2D eigenvalue weighted by Gasteiger charge is -2.21. The van der Waals surface area contributed by atoms with Crippen LogP contribution < -0.4 is 5.32 Å². The molecule has 1 heterocycles. The van der Waals surface area contributed by atoms with Crippen molar-refractivity contribution in [3.05, 3.63) is 22.4 Å². The molecule has 102 valence electrons. The Morgan fingerprint density at radius 2 is 2.28 bits per heavy atom. The van der Waals surface area contributed by atoms with E-state index < -0.39 is 0 Å². The summed E-state index contributed by atoms with van der Waals surface area (Å²) < 4.78 is 9.80. The van der Waals surface area contributed by atoms with Gasteiger partial charge in [0.15, 0.2) is 0 Å². The molecule has 0 spiro atoms. The summed E-state index contributed by atoms with van der Waals surface area (Å²) in [6.07, 6.45) is 1.27. The second-order valence-corrected chi connectivity index (χ2v) is 5.18. The van der Waals surface area contributed by atoms with Crippen LogP contribution in [-0.4, -0.2) is 32.8 Å². The van der Waals surface area contributed by atoms with Crippen molar-refractivity contribution in [2.24, 2.45) is 0 Å². The van der Waals surface area contributed by atoms with E-state index in [1.54, 1.807) is 18.4 Å². The topological polar surface area (TPSA) is 47.6 Å². The summed E-state index contributed by atoms with van der Waals surface area (Å²) in [6, 6.07) is 4.34. The van der Waals surface area contributed by atoms with Gasteiger partial charge in [-0.25, -0.2) is 0 Å². The molecule has 1 N–H and O–H groups in total. The molecular formula is C13H21NO3S. The third-order valence-electron chi connectivity index (χ3n) is 2.73. The highest BCUT2D eigenvalue weighted by atomic mass is 32.1. The van der Waals surface area contributed by atoms with E-state index in [1.807, 2.05) is 17.5 Å². The number of ether oxygens (including phenoxy) is 2. The lowest BCUT2D eigenvalue weighted by Crippen LogP contribution is -2.32. The van der Waals surface area contributed by atoms with Crippen molar-refractivity contribution in [2.75, 3.05) is 20.8 Å². The smallest absolute Gasteiger partial charge is 0.307 e. The van der Waals surface area contributed by atoms with Gasteiger partial charge in [0.1, 0.15) is 0 Å². The van der Waals surface area contributed by atoms with Crippen molar-refractivity contribution in [1.29, 1.82) is 0 Å². The number of hydrogen-bond donors (Lipinski definition) is 1. The molecule has 0 aromatic carbocycles. The molecule has 0 aliphatic heterocycles. The van der Waals surface area contributed by atoms with Crippen LogP contribution in [0, 0.1) is 0 Å². The quantitative estimate of drug-likeness (QED) is 0.737. The summed E-state index contributed by atoms with van der Waals surface area (Å²) in [7, 11) is 3.11. The van der Waals surface area contributed by atoms with Gasteiger partial charge < -0.3 is 14.8 Å². The molecule has 2 atom stereocenters. The highest BCUT2D eigenvalue weighted by Crippen LogP contribution is 2.23. The van der Waals surface area contributed by atoms with Crippen molar-refractivity contribution in [2.45, 2.75) is 31.8 Å². The molecule has 0 saturated carbocycles. The normalized spacial score (nSPS) is 14.2. The predicted octanol–water partition coefficient (Wildman–Crippen LogP) is 2.37. The Morgan fingerprint density at radius 1 is 1.50 bits per heavy atom. The first-order valence-electron chi connectivity index (χ1n) is 6.02. The first-order valence-corrected chi connectivity index (χ1v) is 6.90. The van der Waals surface area contributed by atoms with E-state index in [-0.39, 0.29) is 12.0 Å². The molecule has 1 aromatic heterocycles. The molecule has 1 rings (SSSR count). The maximum absolute atomic E-state index is 11.4. The maximum atomic E-state index is 11.4. The summed E-state index contributed by atoms with van der Waals surface area (Å²) in [4.78, 5) is 12.6. The molecule has 1 aromatic rings. The van der Waals surface area contributed by atoms with Crippen LogP contribution in [0.4, 0.5) is 0 Å². The molecule has 0 radical (unpaired) electrons. The zero-order chi connectivity index (χ0) is 13.4. The molecular weight excluding hydrogens is 250 g/mol. The van der Waals surface area contributed by atoms with Crippen LogP contribution in [0.2, 0.25) is 0 Å². The van der Waals surface area contributed by atoms with Crippen LogP contribution >= 0.6 is 11.3 Å². The lowest BCUT2D eigenvalue weighted by atomic mass is 10.1. The van der Waals surface area contributed by atoms with E-state index in [4.69, 9.17) is 9.47 Å². The van der Waals surface area contributed by atoms with Crippen molar-refractivity contribution >= 4 is 17.3 Å². The van der Waals surface area contributed by atoms with Crippen LogP contribution in [0.5, 0.6) is 0 Å². The summed E-state index contributed by atoms with van der Waals surface area (Å²) in [5.41, 5.74) is 0. The Bertz CT molecular complexity index is 340. The largest absolute Gasteiger partial charge is 0.469 e. The van der Waals surface area contributed by atoms with Gasteiger partial charge in [-0.2, -0.15) is 0 Å². The monoisotopic (exact) mass is 271 g/mol. The van der Waals surface area contributed by atoms with Crippen molar-refractivity contribution in [1.82, 2.24) is 5.32 Å². The van der Waals surface area contributed by atoms with Gasteiger partial charge in [0.25, 0.3) is 0 Å². The summed E-state index contributed by atoms with van der Waals surface area (Å²) in [6.45, 7) is 2.81. The van der Waals surface area contributed by atoms with Gasteiger partial charge in [0.2, 0.25) is 0 Å². The standard InChI is InChI=1S/C13H21NO3S/c1-10(6-7-16-2)14-11(9-13(15)17-3)12-5-4-8-18-12/h4-5,8,10-11,14H,6-7,9H2,1-3H3. The van der Waals surface area contributed by atoms with Gasteiger partial charge in [-0.05, 0) is 24.8 Å². The molecule has 2 unspecified atom stereocenters. The Labute approximate surface area is 112 Å². The number of nitrogens with one attached hydrogen (secondary N) is 1.